The van der Waals surface area contributed by atoms with Gasteiger partial charge in [-0.05, 0) is 66.6 Å². The highest BCUT2D eigenvalue weighted by Crippen LogP contribution is 2.52. The molecular formula is C20H22BrIO3. The van der Waals surface area contributed by atoms with Gasteiger partial charge in [0.05, 0.1) is 12.2 Å². The molecule has 25 heavy (non-hydrogen) atoms. The molecule has 0 saturated heterocycles. The maximum absolute atomic E-state index is 11.1. The average Bonchev–Trinajstić information content (AvgIpc) is 2.77. The zero-order valence-corrected chi connectivity index (χ0v) is 18.3. The van der Waals surface area contributed by atoms with Gasteiger partial charge >= 0.3 is 0 Å². The molecule has 0 saturated carbocycles. The Labute approximate surface area is 170 Å². The van der Waals surface area contributed by atoms with Crippen LogP contribution < -0.4 is 4.74 Å². The van der Waals surface area contributed by atoms with Gasteiger partial charge in [-0.25, -0.2) is 0 Å². The standard InChI is InChI=1S/C20H22BrIO3/c1-4-19(2,23)8-9-25-12-10-14-17(15(21)11-12)18-13(20(14,3)24)6-5-7-16(18)22/h5-7,10-11,23-24H,4,8-9H2,1-3H3/t19?,20-/m1/s1. The minimum Gasteiger partial charge on any atom is -0.493 e. The van der Waals surface area contributed by atoms with Crippen LogP contribution in [-0.2, 0) is 5.60 Å². The number of hydrogen-bond donors (Lipinski definition) is 2. The summed E-state index contributed by atoms with van der Waals surface area (Å²) >= 11 is 5.96. The average molecular weight is 517 g/mol. The Kier molecular flexibility index (Phi) is 5.23. The number of fused-ring (bicyclic) bond motifs is 3. The minimum absolute atomic E-state index is 0.429. The molecule has 2 N–H and O–H groups in total. The third kappa shape index (κ3) is 3.48. The predicted octanol–water partition coefficient (Wildman–Crippen LogP) is 5.22. The molecule has 0 fully saturated rings. The molecule has 0 radical (unpaired) electrons. The molecule has 0 amide bonds. The van der Waals surface area contributed by atoms with E-state index in [4.69, 9.17) is 4.74 Å². The van der Waals surface area contributed by atoms with Crippen molar-refractivity contribution in [2.75, 3.05) is 6.61 Å². The zero-order chi connectivity index (χ0) is 18.4. The molecule has 1 aliphatic rings. The van der Waals surface area contributed by atoms with E-state index in [2.05, 4.69) is 38.5 Å². The Bertz CT molecular complexity index is 815. The highest BCUT2D eigenvalue weighted by atomic mass is 127. The number of ether oxygens (including phenoxy) is 1. The predicted molar refractivity (Wildman–Crippen MR) is 112 cm³/mol. The Morgan fingerprint density at radius 2 is 1.96 bits per heavy atom. The van der Waals surface area contributed by atoms with E-state index in [9.17, 15) is 10.2 Å². The van der Waals surface area contributed by atoms with Crippen molar-refractivity contribution in [2.45, 2.75) is 44.8 Å². The molecule has 3 nitrogen and oxygen atoms in total. The number of benzene rings is 2. The summed E-state index contributed by atoms with van der Waals surface area (Å²) in [7, 11) is 0. The van der Waals surface area contributed by atoms with Gasteiger partial charge in [-0.3, -0.25) is 0 Å². The van der Waals surface area contributed by atoms with Crippen LogP contribution in [0.4, 0.5) is 0 Å². The minimum atomic E-state index is -1.05. The molecule has 5 heteroatoms. The van der Waals surface area contributed by atoms with Crippen molar-refractivity contribution in [3.63, 3.8) is 0 Å². The smallest absolute Gasteiger partial charge is 0.120 e. The largest absolute Gasteiger partial charge is 0.493 e. The van der Waals surface area contributed by atoms with E-state index in [1.54, 1.807) is 0 Å². The third-order valence-corrected chi connectivity index (χ3v) is 6.57. The molecule has 2 atom stereocenters. The first kappa shape index (κ1) is 19.1. The molecule has 134 valence electrons. The number of aliphatic hydroxyl groups is 2. The lowest BCUT2D eigenvalue weighted by molar-refractivity contribution is 0.0332. The van der Waals surface area contributed by atoms with E-state index >= 15 is 0 Å². The summed E-state index contributed by atoms with van der Waals surface area (Å²) in [5.74, 6) is 0.695. The van der Waals surface area contributed by atoms with Gasteiger partial charge < -0.3 is 14.9 Å². The number of halogens is 2. The van der Waals surface area contributed by atoms with Crippen molar-refractivity contribution in [1.29, 1.82) is 0 Å². The van der Waals surface area contributed by atoms with E-state index in [-0.39, 0.29) is 0 Å². The Hall–Kier alpha value is -0.630. The van der Waals surface area contributed by atoms with Gasteiger partial charge in [0.15, 0.2) is 0 Å². The van der Waals surface area contributed by atoms with Crippen LogP contribution >= 0.6 is 38.5 Å². The number of hydrogen-bond acceptors (Lipinski definition) is 3. The van der Waals surface area contributed by atoms with E-state index in [0.29, 0.717) is 25.2 Å². The van der Waals surface area contributed by atoms with Gasteiger partial charge in [0.1, 0.15) is 11.4 Å². The van der Waals surface area contributed by atoms with Crippen LogP contribution in [0.15, 0.2) is 34.8 Å². The van der Waals surface area contributed by atoms with Gasteiger partial charge in [0.25, 0.3) is 0 Å². The van der Waals surface area contributed by atoms with Crippen LogP contribution in [0.5, 0.6) is 5.75 Å². The molecule has 0 aliphatic heterocycles. The van der Waals surface area contributed by atoms with E-state index in [0.717, 1.165) is 30.3 Å². The lowest BCUT2D eigenvalue weighted by atomic mass is 9.94. The van der Waals surface area contributed by atoms with Crippen molar-refractivity contribution in [2.24, 2.45) is 0 Å². The Balaban J connectivity index is 1.96. The van der Waals surface area contributed by atoms with Crippen LogP contribution in [0.25, 0.3) is 11.1 Å². The summed E-state index contributed by atoms with van der Waals surface area (Å²) in [5.41, 5.74) is 2.10. The van der Waals surface area contributed by atoms with E-state index in [1.807, 2.05) is 51.1 Å². The summed E-state index contributed by atoms with van der Waals surface area (Å²) in [4.78, 5) is 0. The van der Waals surface area contributed by atoms with Crippen LogP contribution in [0.3, 0.4) is 0 Å². The van der Waals surface area contributed by atoms with Crippen LogP contribution in [0.1, 0.15) is 44.7 Å². The summed E-state index contributed by atoms with van der Waals surface area (Å²) in [6, 6.07) is 9.85. The zero-order valence-electron chi connectivity index (χ0n) is 14.6. The van der Waals surface area contributed by atoms with Gasteiger partial charge in [-0.15, -0.1) is 0 Å². The maximum Gasteiger partial charge on any atom is 0.120 e. The Morgan fingerprint density at radius 3 is 2.64 bits per heavy atom. The van der Waals surface area contributed by atoms with Crippen LogP contribution in [0.2, 0.25) is 0 Å². The van der Waals surface area contributed by atoms with Gasteiger partial charge in [0, 0.05) is 31.2 Å². The first-order valence-corrected chi connectivity index (χ1v) is 10.3. The second kappa shape index (κ2) is 6.83. The maximum atomic E-state index is 11.1. The van der Waals surface area contributed by atoms with Crippen molar-refractivity contribution in [3.8, 4) is 16.9 Å². The van der Waals surface area contributed by atoms with Crippen molar-refractivity contribution in [1.82, 2.24) is 0 Å². The second-order valence-electron chi connectivity index (χ2n) is 7.01. The third-order valence-electron chi connectivity index (χ3n) is 5.05. The van der Waals surface area contributed by atoms with Crippen molar-refractivity contribution in [3.05, 3.63) is 49.5 Å². The normalized spacial score (nSPS) is 20.8. The monoisotopic (exact) mass is 516 g/mol. The molecule has 2 aromatic rings. The molecule has 2 aromatic carbocycles. The molecule has 1 unspecified atom stereocenters. The fourth-order valence-corrected chi connectivity index (χ4v) is 4.60. The SMILES string of the molecule is CCC(C)(O)CCOc1cc(Br)c2c(c1)[C@](C)(O)c1cccc(I)c1-2. The summed E-state index contributed by atoms with van der Waals surface area (Å²) in [6.07, 6.45) is 1.25. The van der Waals surface area contributed by atoms with Gasteiger partial charge in [-0.1, -0.05) is 35.0 Å². The highest BCUT2D eigenvalue weighted by Gasteiger charge is 2.40. The quantitative estimate of drug-likeness (QED) is 0.536. The van der Waals surface area contributed by atoms with E-state index < -0.39 is 11.2 Å². The first-order valence-electron chi connectivity index (χ1n) is 8.38. The van der Waals surface area contributed by atoms with Gasteiger partial charge in [0.2, 0.25) is 0 Å². The molecular weight excluding hydrogens is 495 g/mol. The Morgan fingerprint density at radius 1 is 1.24 bits per heavy atom. The lowest BCUT2D eigenvalue weighted by Gasteiger charge is -2.22. The number of rotatable bonds is 5. The topological polar surface area (TPSA) is 49.7 Å². The molecule has 0 spiro atoms. The fourth-order valence-electron chi connectivity index (χ4n) is 3.20. The second-order valence-corrected chi connectivity index (χ2v) is 9.03. The van der Waals surface area contributed by atoms with Crippen LogP contribution in [-0.4, -0.2) is 22.4 Å². The summed E-state index contributed by atoms with van der Waals surface area (Å²) < 4.78 is 7.89. The molecule has 1 aliphatic carbocycles. The van der Waals surface area contributed by atoms with Gasteiger partial charge in [-0.2, -0.15) is 0 Å². The fraction of sp³-hybridized carbons (Fsp3) is 0.400. The molecule has 0 bridgehead atoms. The lowest BCUT2D eigenvalue weighted by Crippen LogP contribution is -2.25. The molecule has 3 rings (SSSR count). The molecule has 0 aromatic heterocycles. The summed E-state index contributed by atoms with van der Waals surface area (Å²) in [6.45, 7) is 6.03. The van der Waals surface area contributed by atoms with E-state index in [1.165, 1.54) is 0 Å². The van der Waals surface area contributed by atoms with Crippen LogP contribution in [0, 0.1) is 3.57 Å². The van der Waals surface area contributed by atoms with Crippen molar-refractivity contribution >= 4 is 38.5 Å². The highest BCUT2D eigenvalue weighted by molar-refractivity contribution is 14.1. The van der Waals surface area contributed by atoms with Crippen molar-refractivity contribution < 1.29 is 14.9 Å². The molecule has 0 heterocycles. The summed E-state index contributed by atoms with van der Waals surface area (Å²) in [5, 5.41) is 21.3. The first-order chi connectivity index (χ1) is 11.7.